The van der Waals surface area contributed by atoms with Gasteiger partial charge in [-0.1, -0.05) is 42.8 Å². The third-order valence-electron chi connectivity index (χ3n) is 3.94. The Morgan fingerprint density at radius 1 is 0.952 bits per heavy atom. The molecule has 0 aliphatic carbocycles. The van der Waals surface area contributed by atoms with Gasteiger partial charge in [-0.05, 0) is 37.6 Å². The van der Waals surface area contributed by atoms with Gasteiger partial charge in [-0.25, -0.2) is 4.98 Å². The SMILES string of the molecule is c1ccc([C@H](CN2CCCCC2)Oc2ccccn2)cc1. The molecule has 0 saturated carbocycles. The average molecular weight is 282 g/mol. The summed E-state index contributed by atoms with van der Waals surface area (Å²) < 4.78 is 6.15. The standard InChI is InChI=1S/C18H22N2O/c1-3-9-16(10-4-1)17(15-20-13-7-2-8-14-20)21-18-11-5-6-12-19-18/h1,3-6,9-12,17H,2,7-8,13-15H2/t17-/m0/s1. The van der Waals surface area contributed by atoms with Crippen LogP contribution in [0.4, 0.5) is 0 Å². The summed E-state index contributed by atoms with van der Waals surface area (Å²) in [5.74, 6) is 0.698. The molecule has 3 heteroatoms. The normalized spacial score (nSPS) is 17.3. The minimum atomic E-state index is 0.0409. The van der Waals surface area contributed by atoms with Crippen LogP contribution in [0, 0.1) is 0 Å². The highest BCUT2D eigenvalue weighted by Gasteiger charge is 2.19. The third kappa shape index (κ3) is 4.05. The zero-order chi connectivity index (χ0) is 14.3. The van der Waals surface area contributed by atoms with Crippen LogP contribution in [0.5, 0.6) is 5.88 Å². The van der Waals surface area contributed by atoms with Gasteiger partial charge in [0, 0.05) is 18.8 Å². The first kappa shape index (κ1) is 14.1. The first-order chi connectivity index (χ1) is 10.4. The van der Waals surface area contributed by atoms with Crippen molar-refractivity contribution in [2.45, 2.75) is 25.4 Å². The van der Waals surface area contributed by atoms with Crippen LogP contribution in [-0.2, 0) is 0 Å². The molecule has 0 bridgehead atoms. The molecular formula is C18H22N2O. The van der Waals surface area contributed by atoms with E-state index in [-0.39, 0.29) is 6.10 Å². The Kier molecular flexibility index (Phi) is 4.85. The average Bonchev–Trinajstić information content (AvgIpc) is 2.57. The summed E-state index contributed by atoms with van der Waals surface area (Å²) in [6.07, 6.45) is 5.77. The first-order valence-electron chi connectivity index (χ1n) is 7.77. The molecule has 1 aromatic carbocycles. The number of ether oxygens (including phenoxy) is 1. The predicted octanol–water partition coefficient (Wildman–Crippen LogP) is 3.69. The Morgan fingerprint density at radius 2 is 1.71 bits per heavy atom. The highest BCUT2D eigenvalue weighted by Crippen LogP contribution is 2.22. The maximum atomic E-state index is 6.15. The maximum Gasteiger partial charge on any atom is 0.213 e. The van der Waals surface area contributed by atoms with Crippen LogP contribution < -0.4 is 4.74 Å². The number of pyridine rings is 1. The largest absolute Gasteiger partial charge is 0.468 e. The fourth-order valence-corrected chi connectivity index (χ4v) is 2.82. The van der Waals surface area contributed by atoms with E-state index < -0.39 is 0 Å². The quantitative estimate of drug-likeness (QED) is 0.836. The van der Waals surface area contributed by atoms with E-state index in [1.807, 2.05) is 24.3 Å². The molecule has 1 aliphatic rings. The van der Waals surface area contributed by atoms with E-state index in [1.165, 1.54) is 37.9 Å². The Labute approximate surface area is 126 Å². The van der Waals surface area contributed by atoms with Crippen LogP contribution in [-0.4, -0.2) is 29.5 Å². The van der Waals surface area contributed by atoms with Crippen molar-refractivity contribution in [3.8, 4) is 5.88 Å². The van der Waals surface area contributed by atoms with Gasteiger partial charge in [-0.2, -0.15) is 0 Å². The highest BCUT2D eigenvalue weighted by molar-refractivity contribution is 5.20. The first-order valence-corrected chi connectivity index (χ1v) is 7.77. The van der Waals surface area contributed by atoms with Gasteiger partial charge in [0.2, 0.25) is 5.88 Å². The van der Waals surface area contributed by atoms with Crippen LogP contribution in [0.25, 0.3) is 0 Å². The van der Waals surface area contributed by atoms with Crippen LogP contribution in [0.2, 0.25) is 0 Å². The van der Waals surface area contributed by atoms with Gasteiger partial charge in [-0.15, -0.1) is 0 Å². The van der Waals surface area contributed by atoms with Crippen molar-refractivity contribution >= 4 is 0 Å². The third-order valence-corrected chi connectivity index (χ3v) is 3.94. The number of hydrogen-bond donors (Lipinski definition) is 0. The molecule has 2 aromatic rings. The number of piperidine rings is 1. The van der Waals surface area contributed by atoms with Crippen molar-refractivity contribution in [2.75, 3.05) is 19.6 Å². The van der Waals surface area contributed by atoms with Crippen molar-refractivity contribution in [1.29, 1.82) is 0 Å². The number of aromatic nitrogens is 1. The summed E-state index contributed by atoms with van der Waals surface area (Å²) in [4.78, 5) is 6.80. The number of hydrogen-bond acceptors (Lipinski definition) is 3. The van der Waals surface area contributed by atoms with Gasteiger partial charge in [0.15, 0.2) is 0 Å². The van der Waals surface area contributed by atoms with E-state index in [0.717, 1.165) is 6.54 Å². The van der Waals surface area contributed by atoms with Crippen LogP contribution in [0.1, 0.15) is 30.9 Å². The van der Waals surface area contributed by atoms with Crippen LogP contribution in [0.15, 0.2) is 54.7 Å². The molecule has 1 aromatic heterocycles. The molecule has 0 N–H and O–H groups in total. The zero-order valence-electron chi connectivity index (χ0n) is 12.3. The predicted molar refractivity (Wildman–Crippen MR) is 84.3 cm³/mol. The lowest BCUT2D eigenvalue weighted by Gasteiger charge is -2.30. The molecule has 1 fully saturated rings. The summed E-state index contributed by atoms with van der Waals surface area (Å²) in [5.41, 5.74) is 1.22. The minimum absolute atomic E-state index is 0.0409. The highest BCUT2D eigenvalue weighted by atomic mass is 16.5. The molecular weight excluding hydrogens is 260 g/mol. The molecule has 0 radical (unpaired) electrons. The zero-order valence-corrected chi connectivity index (χ0v) is 12.3. The summed E-state index contributed by atoms with van der Waals surface area (Å²) in [6.45, 7) is 3.28. The summed E-state index contributed by atoms with van der Waals surface area (Å²) in [6, 6.07) is 16.3. The number of rotatable bonds is 5. The molecule has 3 nitrogen and oxygen atoms in total. The summed E-state index contributed by atoms with van der Waals surface area (Å²) in [5, 5.41) is 0. The summed E-state index contributed by atoms with van der Waals surface area (Å²) >= 11 is 0. The van der Waals surface area contributed by atoms with E-state index in [1.54, 1.807) is 6.20 Å². The van der Waals surface area contributed by atoms with Crippen molar-refractivity contribution < 1.29 is 4.74 Å². The Balaban J connectivity index is 1.74. The topological polar surface area (TPSA) is 25.4 Å². The van der Waals surface area contributed by atoms with E-state index in [2.05, 4.69) is 34.1 Å². The monoisotopic (exact) mass is 282 g/mol. The maximum absolute atomic E-state index is 6.15. The molecule has 110 valence electrons. The van der Waals surface area contributed by atoms with Gasteiger partial charge in [0.25, 0.3) is 0 Å². The lowest BCUT2D eigenvalue weighted by atomic mass is 10.1. The van der Waals surface area contributed by atoms with Crippen molar-refractivity contribution in [3.63, 3.8) is 0 Å². The molecule has 3 rings (SSSR count). The Morgan fingerprint density at radius 3 is 2.43 bits per heavy atom. The molecule has 1 atom stereocenters. The van der Waals surface area contributed by atoms with E-state index in [9.17, 15) is 0 Å². The fourth-order valence-electron chi connectivity index (χ4n) is 2.82. The molecule has 21 heavy (non-hydrogen) atoms. The smallest absolute Gasteiger partial charge is 0.213 e. The molecule has 0 spiro atoms. The lowest BCUT2D eigenvalue weighted by molar-refractivity contribution is 0.115. The van der Waals surface area contributed by atoms with Crippen molar-refractivity contribution in [1.82, 2.24) is 9.88 Å². The minimum Gasteiger partial charge on any atom is -0.468 e. The number of benzene rings is 1. The van der Waals surface area contributed by atoms with Gasteiger partial charge in [0.1, 0.15) is 6.10 Å². The van der Waals surface area contributed by atoms with Gasteiger partial charge in [-0.3, -0.25) is 4.90 Å². The second kappa shape index (κ2) is 7.23. The second-order valence-corrected chi connectivity index (χ2v) is 5.55. The summed E-state index contributed by atoms with van der Waals surface area (Å²) in [7, 11) is 0. The number of likely N-dealkylation sites (tertiary alicyclic amines) is 1. The van der Waals surface area contributed by atoms with Crippen molar-refractivity contribution in [3.05, 3.63) is 60.3 Å². The Hall–Kier alpha value is -1.87. The fraction of sp³-hybridized carbons (Fsp3) is 0.389. The molecule has 1 aliphatic heterocycles. The molecule has 0 amide bonds. The molecule has 0 unspecified atom stereocenters. The van der Waals surface area contributed by atoms with Crippen molar-refractivity contribution in [2.24, 2.45) is 0 Å². The van der Waals surface area contributed by atoms with Crippen LogP contribution in [0.3, 0.4) is 0 Å². The lowest BCUT2D eigenvalue weighted by Crippen LogP contribution is -2.35. The van der Waals surface area contributed by atoms with Gasteiger partial charge in [0.05, 0.1) is 0 Å². The van der Waals surface area contributed by atoms with E-state index in [0.29, 0.717) is 5.88 Å². The second-order valence-electron chi connectivity index (χ2n) is 5.55. The van der Waals surface area contributed by atoms with Crippen LogP contribution >= 0.6 is 0 Å². The molecule has 2 heterocycles. The number of nitrogens with zero attached hydrogens (tertiary/aromatic N) is 2. The van der Waals surface area contributed by atoms with E-state index in [4.69, 9.17) is 4.74 Å². The molecule has 1 saturated heterocycles. The van der Waals surface area contributed by atoms with Gasteiger partial charge >= 0.3 is 0 Å². The van der Waals surface area contributed by atoms with E-state index >= 15 is 0 Å². The van der Waals surface area contributed by atoms with Gasteiger partial charge < -0.3 is 4.74 Å². The Bertz CT molecular complexity index is 523.